The van der Waals surface area contributed by atoms with Gasteiger partial charge in [-0.25, -0.2) is 0 Å². The number of Topliss-reactive ketones (excluding diaryl/α,β-unsaturated/α-hetero) is 1. The second-order valence-corrected chi connectivity index (χ2v) is 4.57. The second-order valence-electron chi connectivity index (χ2n) is 3.10. The number of hydrogen-bond acceptors (Lipinski definition) is 2. The van der Waals surface area contributed by atoms with E-state index in [1.807, 2.05) is 12.1 Å². The van der Waals surface area contributed by atoms with Crippen molar-refractivity contribution in [2.75, 3.05) is 0 Å². The fourth-order valence-corrected chi connectivity index (χ4v) is 2.36. The number of rotatable bonds is 3. The van der Waals surface area contributed by atoms with Crippen LogP contribution in [-0.4, -0.2) is 5.78 Å². The maximum Gasteiger partial charge on any atom is 0.147 e. The minimum atomic E-state index is -0.402. The van der Waals surface area contributed by atoms with Crippen molar-refractivity contribution in [2.24, 2.45) is 0 Å². The van der Waals surface area contributed by atoms with Gasteiger partial charge in [0.05, 0.1) is 16.5 Å². The van der Waals surface area contributed by atoms with Crippen LogP contribution in [-0.2, 0) is 10.1 Å². The van der Waals surface area contributed by atoms with Crippen LogP contribution in [0.2, 0.25) is 0 Å². The number of hydrogen-bond donors (Lipinski definition) is 0. The van der Waals surface area contributed by atoms with E-state index in [0.29, 0.717) is 10.9 Å². The first kappa shape index (κ1) is 12.4. The highest BCUT2D eigenvalue weighted by atomic mass is 79.9. The summed E-state index contributed by atoms with van der Waals surface area (Å²) in [5.74, 6) is -0.0000926. The molecule has 0 saturated carbocycles. The fraction of sp³-hybridized carbons (Fsp3) is 0.273. The van der Waals surface area contributed by atoms with Gasteiger partial charge in [-0.05, 0) is 24.1 Å². The van der Waals surface area contributed by atoms with E-state index in [1.54, 1.807) is 6.07 Å². The molecule has 0 radical (unpaired) electrons. The van der Waals surface area contributed by atoms with Gasteiger partial charge in [0.15, 0.2) is 0 Å². The highest BCUT2D eigenvalue weighted by Gasteiger charge is 2.19. The van der Waals surface area contributed by atoms with Gasteiger partial charge in [-0.2, -0.15) is 5.26 Å². The molecule has 4 heteroatoms. The zero-order chi connectivity index (χ0) is 11.4. The van der Waals surface area contributed by atoms with Crippen molar-refractivity contribution in [1.82, 2.24) is 0 Å². The summed E-state index contributed by atoms with van der Waals surface area (Å²) in [7, 11) is 0. The van der Waals surface area contributed by atoms with E-state index >= 15 is 0 Å². The van der Waals surface area contributed by atoms with Gasteiger partial charge in [0.1, 0.15) is 5.78 Å². The van der Waals surface area contributed by atoms with E-state index < -0.39 is 4.83 Å². The predicted octanol–water partition coefficient (Wildman–Crippen LogP) is 3.48. The summed E-state index contributed by atoms with van der Waals surface area (Å²) in [6.07, 6.45) is 0. The lowest BCUT2D eigenvalue weighted by molar-refractivity contribution is -0.116. The van der Waals surface area contributed by atoms with Crippen LogP contribution in [0.25, 0.3) is 0 Å². The van der Waals surface area contributed by atoms with Crippen LogP contribution in [0.5, 0.6) is 0 Å². The number of benzene rings is 1. The predicted molar refractivity (Wildman–Crippen MR) is 66.1 cm³/mol. The summed E-state index contributed by atoms with van der Waals surface area (Å²) in [5.41, 5.74) is 2.28. The molecule has 0 aliphatic heterocycles. The van der Waals surface area contributed by atoms with E-state index in [-0.39, 0.29) is 5.78 Å². The number of nitrogens with zero attached hydrogens (tertiary/aromatic N) is 1. The molecule has 0 aliphatic rings. The molecule has 0 bridgehead atoms. The molecule has 15 heavy (non-hydrogen) atoms. The van der Waals surface area contributed by atoms with Crippen LogP contribution in [0.15, 0.2) is 18.2 Å². The van der Waals surface area contributed by atoms with E-state index in [0.717, 1.165) is 11.1 Å². The Balaban J connectivity index is 3.35. The maximum absolute atomic E-state index is 11.3. The standard InChI is InChI=1S/C11H9Br2NO/c1-7(15)11(13)10-8(5-12)3-2-4-9(10)6-14/h2-4,11H,5H2,1H3. The first-order valence-corrected chi connectivity index (χ1v) is 6.38. The summed E-state index contributed by atoms with van der Waals surface area (Å²) in [5, 5.41) is 9.60. The number of carbonyl (C=O) groups is 1. The Bertz CT molecular complexity index is 423. The van der Waals surface area contributed by atoms with Crippen LogP contribution in [0.1, 0.15) is 28.4 Å². The quantitative estimate of drug-likeness (QED) is 0.796. The van der Waals surface area contributed by atoms with Crippen molar-refractivity contribution in [3.05, 3.63) is 34.9 Å². The highest BCUT2D eigenvalue weighted by Crippen LogP contribution is 2.31. The normalized spacial score (nSPS) is 11.9. The summed E-state index contributed by atoms with van der Waals surface area (Å²) in [4.78, 5) is 10.9. The molecule has 0 fully saturated rings. The molecule has 2 nitrogen and oxygen atoms in total. The van der Waals surface area contributed by atoms with Crippen LogP contribution >= 0.6 is 31.9 Å². The summed E-state index contributed by atoms with van der Waals surface area (Å²) in [6, 6.07) is 7.55. The molecule has 0 aromatic heterocycles. The largest absolute Gasteiger partial charge is 0.298 e. The van der Waals surface area contributed by atoms with Gasteiger partial charge in [0.25, 0.3) is 0 Å². The Morgan fingerprint density at radius 1 is 1.60 bits per heavy atom. The van der Waals surface area contributed by atoms with Gasteiger partial charge in [-0.15, -0.1) is 0 Å². The Morgan fingerprint density at radius 3 is 2.73 bits per heavy atom. The molecule has 0 amide bonds. The Kier molecular flexibility index (Phi) is 4.49. The van der Waals surface area contributed by atoms with Crippen LogP contribution in [0.3, 0.4) is 0 Å². The maximum atomic E-state index is 11.3. The molecule has 0 heterocycles. The average Bonchev–Trinajstić information content (AvgIpc) is 2.26. The van der Waals surface area contributed by atoms with Gasteiger partial charge >= 0.3 is 0 Å². The summed E-state index contributed by atoms with van der Waals surface area (Å²) < 4.78 is 0. The summed E-state index contributed by atoms with van der Waals surface area (Å²) in [6.45, 7) is 1.51. The van der Waals surface area contributed by atoms with Crippen molar-refractivity contribution < 1.29 is 4.79 Å². The molecule has 0 spiro atoms. The van der Waals surface area contributed by atoms with E-state index in [1.165, 1.54) is 6.92 Å². The third kappa shape index (κ3) is 2.67. The topological polar surface area (TPSA) is 40.9 Å². The first-order chi connectivity index (χ1) is 7.11. The Labute approximate surface area is 106 Å². The van der Waals surface area contributed by atoms with Crippen LogP contribution < -0.4 is 0 Å². The van der Waals surface area contributed by atoms with Crippen LogP contribution in [0.4, 0.5) is 0 Å². The molecular formula is C11H9Br2NO. The second kappa shape index (κ2) is 5.43. The average molecular weight is 331 g/mol. The van der Waals surface area contributed by atoms with Gasteiger partial charge in [-0.1, -0.05) is 44.0 Å². The number of nitriles is 1. The minimum absolute atomic E-state index is 0.0000926. The zero-order valence-corrected chi connectivity index (χ0v) is 11.3. The van der Waals surface area contributed by atoms with Crippen molar-refractivity contribution in [2.45, 2.75) is 17.1 Å². The minimum Gasteiger partial charge on any atom is -0.298 e. The molecule has 0 N–H and O–H groups in total. The SMILES string of the molecule is CC(=O)C(Br)c1c(C#N)cccc1CBr. The van der Waals surface area contributed by atoms with Crippen LogP contribution in [0, 0.1) is 11.3 Å². The van der Waals surface area contributed by atoms with Crippen molar-refractivity contribution in [1.29, 1.82) is 5.26 Å². The monoisotopic (exact) mass is 329 g/mol. The first-order valence-electron chi connectivity index (χ1n) is 4.34. The van der Waals surface area contributed by atoms with Crippen molar-refractivity contribution >= 4 is 37.6 Å². The lowest BCUT2D eigenvalue weighted by atomic mass is 9.98. The smallest absolute Gasteiger partial charge is 0.147 e. The molecule has 1 unspecified atom stereocenters. The highest BCUT2D eigenvalue weighted by molar-refractivity contribution is 9.09. The molecule has 1 aromatic rings. The number of ketones is 1. The van der Waals surface area contributed by atoms with E-state index in [2.05, 4.69) is 37.9 Å². The lowest BCUT2D eigenvalue weighted by Crippen LogP contribution is -2.06. The third-order valence-electron chi connectivity index (χ3n) is 2.07. The lowest BCUT2D eigenvalue weighted by Gasteiger charge is -2.12. The molecule has 78 valence electrons. The van der Waals surface area contributed by atoms with E-state index in [4.69, 9.17) is 5.26 Å². The summed E-state index contributed by atoms with van der Waals surface area (Å²) >= 11 is 6.66. The molecule has 1 aromatic carbocycles. The molecular weight excluding hydrogens is 322 g/mol. The number of carbonyl (C=O) groups excluding carboxylic acids is 1. The molecule has 1 rings (SSSR count). The number of halogens is 2. The van der Waals surface area contributed by atoms with Crippen molar-refractivity contribution in [3.8, 4) is 6.07 Å². The Hall–Kier alpha value is -0.660. The fourth-order valence-electron chi connectivity index (χ4n) is 1.33. The molecule has 0 saturated heterocycles. The van der Waals surface area contributed by atoms with Gasteiger partial charge in [-0.3, -0.25) is 4.79 Å². The third-order valence-corrected chi connectivity index (χ3v) is 3.78. The zero-order valence-electron chi connectivity index (χ0n) is 8.13. The van der Waals surface area contributed by atoms with E-state index in [9.17, 15) is 4.79 Å². The number of alkyl halides is 2. The molecule has 1 atom stereocenters. The van der Waals surface area contributed by atoms with Gasteiger partial charge in [0, 0.05) is 5.33 Å². The molecule has 0 aliphatic carbocycles. The van der Waals surface area contributed by atoms with Crippen molar-refractivity contribution in [3.63, 3.8) is 0 Å². The Morgan fingerprint density at radius 2 is 2.27 bits per heavy atom. The van der Waals surface area contributed by atoms with Gasteiger partial charge in [0.2, 0.25) is 0 Å². The van der Waals surface area contributed by atoms with Gasteiger partial charge < -0.3 is 0 Å².